The van der Waals surface area contributed by atoms with Crippen molar-refractivity contribution in [3.63, 3.8) is 0 Å². The number of anilines is 5. The van der Waals surface area contributed by atoms with Crippen molar-refractivity contribution >= 4 is 75.8 Å². The molecule has 0 saturated carbocycles. The zero-order valence-corrected chi connectivity index (χ0v) is 27.8. The third-order valence-electron chi connectivity index (χ3n) is 7.55. The summed E-state index contributed by atoms with van der Waals surface area (Å²) in [6.07, 6.45) is 0. The number of nitrogens with one attached hydrogen (secondary N) is 2. The first-order valence-electron chi connectivity index (χ1n) is 15.9. The fourth-order valence-electron chi connectivity index (χ4n) is 4.93. The molecule has 2 heterocycles. The molecule has 1 fully saturated rings. The Morgan fingerprint density at radius 2 is 0.870 bits per heavy atom. The van der Waals surface area contributed by atoms with Crippen molar-refractivity contribution in [1.29, 1.82) is 0 Å². The predicted octanol–water partition coefficient (Wildman–Crippen LogP) is 6.82. The summed E-state index contributed by atoms with van der Waals surface area (Å²) >= 11 is 0. The molecular formula is C35H28N10O9. The second-order valence-corrected chi connectivity index (χ2v) is 11.4. The fourth-order valence-corrected chi connectivity index (χ4v) is 4.93. The number of hydrogen-bond acceptors (Lipinski definition) is 15. The van der Waals surface area contributed by atoms with Gasteiger partial charge in [0.1, 0.15) is 0 Å². The maximum Gasteiger partial charge on any atom is 0.335 e. The molecule has 54 heavy (non-hydrogen) atoms. The summed E-state index contributed by atoms with van der Waals surface area (Å²) in [5, 5.41) is 59.7. The second kappa shape index (κ2) is 16.1. The van der Waals surface area contributed by atoms with E-state index in [0.29, 0.717) is 55.0 Å². The molecule has 19 heteroatoms. The molecule has 6 N–H and O–H groups in total. The molecule has 0 atom stereocenters. The lowest BCUT2D eigenvalue weighted by Crippen LogP contribution is -2.37. The number of nitrogens with zero attached hydrogens (tertiary/aromatic N) is 8. The Bertz CT molecular complexity index is 2080. The summed E-state index contributed by atoms with van der Waals surface area (Å²) in [5.74, 6) is -4.31. The Morgan fingerprint density at radius 1 is 0.519 bits per heavy atom. The van der Waals surface area contributed by atoms with E-state index < -0.39 is 23.9 Å². The highest BCUT2D eigenvalue weighted by molar-refractivity contribution is 5.96. The molecule has 0 unspecified atom stereocenters. The van der Waals surface area contributed by atoms with Gasteiger partial charge in [-0.25, -0.2) is 19.2 Å². The van der Waals surface area contributed by atoms with Gasteiger partial charge in [-0.3, -0.25) is 0 Å². The van der Waals surface area contributed by atoms with Crippen molar-refractivity contribution in [3.05, 3.63) is 107 Å². The highest BCUT2D eigenvalue weighted by atomic mass is 16.5. The molecule has 272 valence electrons. The number of morpholine rings is 1. The highest BCUT2D eigenvalue weighted by Crippen LogP contribution is 2.27. The van der Waals surface area contributed by atoms with Gasteiger partial charge >= 0.3 is 23.9 Å². The molecule has 0 bridgehead atoms. The summed E-state index contributed by atoms with van der Waals surface area (Å²) in [5.41, 5.74) is 1.22. The van der Waals surface area contributed by atoms with Crippen molar-refractivity contribution < 1.29 is 44.3 Å². The highest BCUT2D eigenvalue weighted by Gasteiger charge is 2.18. The van der Waals surface area contributed by atoms with Crippen molar-refractivity contribution in [2.45, 2.75) is 0 Å². The van der Waals surface area contributed by atoms with E-state index in [1.807, 2.05) is 4.90 Å². The van der Waals surface area contributed by atoms with Gasteiger partial charge in [0.05, 0.1) is 58.2 Å². The van der Waals surface area contributed by atoms with E-state index in [1.165, 1.54) is 24.3 Å². The van der Waals surface area contributed by atoms with Crippen LogP contribution in [0, 0.1) is 0 Å². The van der Waals surface area contributed by atoms with Crippen molar-refractivity contribution in [1.82, 2.24) is 15.0 Å². The van der Waals surface area contributed by atoms with Gasteiger partial charge < -0.3 is 40.7 Å². The Labute approximate surface area is 304 Å². The van der Waals surface area contributed by atoms with E-state index in [2.05, 4.69) is 46.0 Å². The van der Waals surface area contributed by atoms with Gasteiger partial charge in [0.2, 0.25) is 17.8 Å². The minimum absolute atomic E-state index is 0.0636. The van der Waals surface area contributed by atoms with Gasteiger partial charge in [-0.15, -0.1) is 0 Å². The van der Waals surface area contributed by atoms with Crippen LogP contribution >= 0.6 is 0 Å². The van der Waals surface area contributed by atoms with Crippen LogP contribution in [0.2, 0.25) is 0 Å². The fraction of sp³-hybridized carbons (Fsp3) is 0.114. The number of aromatic carboxylic acids is 4. The normalized spacial score (nSPS) is 12.9. The van der Waals surface area contributed by atoms with Crippen LogP contribution in [-0.4, -0.2) is 85.6 Å². The first kappa shape index (κ1) is 36.1. The smallest absolute Gasteiger partial charge is 0.335 e. The molecule has 6 rings (SSSR count). The number of hydrogen-bond donors (Lipinski definition) is 6. The average molecular weight is 733 g/mol. The van der Waals surface area contributed by atoms with Gasteiger partial charge in [-0.1, -0.05) is 0 Å². The van der Waals surface area contributed by atoms with Crippen LogP contribution in [-0.2, 0) is 4.74 Å². The molecule has 19 nitrogen and oxygen atoms in total. The molecule has 5 aromatic rings. The quantitative estimate of drug-likeness (QED) is 0.0678. The molecular weight excluding hydrogens is 704 g/mol. The van der Waals surface area contributed by atoms with Gasteiger partial charge in [0.25, 0.3) is 0 Å². The number of carboxylic acid groups (broad SMARTS) is 4. The van der Waals surface area contributed by atoms with Crippen LogP contribution in [0.15, 0.2) is 105 Å². The molecule has 1 saturated heterocycles. The standard InChI is InChI=1S/C35H28N10O9/c46-29(47)19-13-20(30(48)49)16-27(15-19)43-41-25-5-1-23(2-6-25)36-33-38-34(40-35(39-33)45-9-11-54-12-10-45)37-24-3-7-26(8-4-24)42-44-28-17-21(31(50)51)14-22(18-28)32(52)53/h1-8,13-18H,9-12H2,(H,46,47)(H,48,49)(H,50,51)(H,52,53)(H2,36,37,38,39,40)/b43-41+,44-42+. The molecule has 0 amide bonds. The van der Waals surface area contributed by atoms with E-state index in [-0.39, 0.29) is 45.5 Å². The average Bonchev–Trinajstić information content (AvgIpc) is 3.17. The minimum atomic E-state index is -1.29. The Balaban J connectivity index is 1.18. The number of carbonyl (C=O) groups is 4. The van der Waals surface area contributed by atoms with Crippen LogP contribution < -0.4 is 15.5 Å². The van der Waals surface area contributed by atoms with E-state index in [1.54, 1.807) is 48.5 Å². The van der Waals surface area contributed by atoms with E-state index in [9.17, 15) is 39.6 Å². The second-order valence-electron chi connectivity index (χ2n) is 11.4. The van der Waals surface area contributed by atoms with Gasteiger partial charge in [0, 0.05) is 24.5 Å². The minimum Gasteiger partial charge on any atom is -0.478 e. The summed E-state index contributed by atoms with van der Waals surface area (Å²) in [6.45, 7) is 2.13. The molecule has 0 aliphatic carbocycles. The van der Waals surface area contributed by atoms with Gasteiger partial charge in [0.15, 0.2) is 0 Å². The molecule has 1 aliphatic rings. The molecule has 0 spiro atoms. The Morgan fingerprint density at radius 3 is 1.22 bits per heavy atom. The number of azo groups is 2. The maximum atomic E-state index is 11.4. The van der Waals surface area contributed by atoms with Crippen LogP contribution in [0.3, 0.4) is 0 Å². The lowest BCUT2D eigenvalue weighted by molar-refractivity contribution is 0.0676. The van der Waals surface area contributed by atoms with Gasteiger partial charge in [-0.05, 0) is 84.9 Å². The van der Waals surface area contributed by atoms with E-state index in [0.717, 1.165) is 12.1 Å². The van der Waals surface area contributed by atoms with Crippen molar-refractivity contribution in [2.24, 2.45) is 20.5 Å². The summed E-state index contributed by atoms with van der Waals surface area (Å²) in [6, 6.07) is 20.3. The lowest BCUT2D eigenvalue weighted by atomic mass is 10.1. The number of carboxylic acids is 4. The number of aromatic nitrogens is 3. The van der Waals surface area contributed by atoms with E-state index >= 15 is 0 Å². The molecule has 1 aliphatic heterocycles. The summed E-state index contributed by atoms with van der Waals surface area (Å²) in [4.78, 5) is 61.3. The molecule has 1 aromatic heterocycles. The summed E-state index contributed by atoms with van der Waals surface area (Å²) < 4.78 is 5.48. The Hall–Kier alpha value is -7.67. The van der Waals surface area contributed by atoms with Crippen LogP contribution in [0.25, 0.3) is 0 Å². The van der Waals surface area contributed by atoms with Gasteiger partial charge in [-0.2, -0.15) is 35.4 Å². The van der Waals surface area contributed by atoms with Crippen molar-refractivity contribution in [2.75, 3.05) is 41.8 Å². The molecule has 0 radical (unpaired) electrons. The first-order chi connectivity index (χ1) is 26.0. The zero-order valence-electron chi connectivity index (χ0n) is 27.8. The lowest BCUT2D eigenvalue weighted by Gasteiger charge is -2.27. The number of rotatable bonds is 13. The monoisotopic (exact) mass is 732 g/mol. The largest absolute Gasteiger partial charge is 0.478 e. The zero-order chi connectivity index (χ0) is 38.2. The van der Waals surface area contributed by atoms with Crippen LogP contribution in [0.5, 0.6) is 0 Å². The number of benzene rings is 4. The first-order valence-corrected chi connectivity index (χ1v) is 15.9. The topological polar surface area (TPSA) is 274 Å². The SMILES string of the molecule is O=C(O)c1cc(/N=N/c2ccc(Nc3nc(Nc4ccc(/N=N/c5cc(C(=O)O)cc(C(=O)O)c5)cc4)nc(N4CCOCC4)n3)cc2)cc(C(=O)O)c1. The predicted molar refractivity (Wildman–Crippen MR) is 191 cm³/mol. The van der Waals surface area contributed by atoms with E-state index in [4.69, 9.17) is 4.74 Å². The third-order valence-corrected chi connectivity index (χ3v) is 7.55. The molecule has 4 aromatic carbocycles. The maximum absolute atomic E-state index is 11.4. The van der Waals surface area contributed by atoms with Crippen molar-refractivity contribution in [3.8, 4) is 0 Å². The van der Waals surface area contributed by atoms with Crippen LogP contribution in [0.1, 0.15) is 41.4 Å². The van der Waals surface area contributed by atoms with Crippen LogP contribution in [0.4, 0.5) is 52.0 Å². The summed E-state index contributed by atoms with van der Waals surface area (Å²) in [7, 11) is 0. The Kier molecular flexibility index (Phi) is 10.8. The number of ether oxygens (including phenoxy) is 1. The third kappa shape index (κ3) is 9.35.